The molecule has 5 nitrogen and oxygen atoms in total. The number of amides is 2. The average Bonchev–Trinajstić information content (AvgIpc) is 2.31. The normalized spacial score (nSPS) is 24.4. The molecular formula is C13H24N2O3. The van der Waals surface area contributed by atoms with Gasteiger partial charge in [0, 0.05) is 6.04 Å². The molecule has 2 amide bonds. The number of nitrogens with one attached hydrogen (secondary N) is 2. The van der Waals surface area contributed by atoms with Crippen LogP contribution in [0, 0.1) is 5.92 Å². The van der Waals surface area contributed by atoms with Crippen LogP contribution >= 0.6 is 0 Å². The van der Waals surface area contributed by atoms with E-state index in [-0.39, 0.29) is 12.6 Å². The zero-order valence-corrected chi connectivity index (χ0v) is 11.5. The van der Waals surface area contributed by atoms with Gasteiger partial charge in [0.2, 0.25) is 0 Å². The number of hydrogen-bond acceptors (Lipinski definition) is 3. The third-order valence-electron chi connectivity index (χ3n) is 3.48. The van der Waals surface area contributed by atoms with Gasteiger partial charge in [0.1, 0.15) is 0 Å². The fraction of sp³-hybridized carbons (Fsp3) is 0.846. The van der Waals surface area contributed by atoms with Crippen molar-refractivity contribution in [3.05, 3.63) is 0 Å². The molecule has 0 heterocycles. The Kier molecular flexibility index (Phi) is 5.14. The first-order chi connectivity index (χ1) is 8.35. The van der Waals surface area contributed by atoms with Gasteiger partial charge in [0.25, 0.3) is 0 Å². The summed E-state index contributed by atoms with van der Waals surface area (Å²) in [5.41, 5.74) is -0.771. The number of hydrogen-bond donors (Lipinski definition) is 3. The van der Waals surface area contributed by atoms with E-state index >= 15 is 0 Å². The van der Waals surface area contributed by atoms with Crippen molar-refractivity contribution >= 4 is 11.8 Å². The van der Waals surface area contributed by atoms with E-state index in [1.54, 1.807) is 13.8 Å². The number of aliphatic hydroxyl groups is 1. The summed E-state index contributed by atoms with van der Waals surface area (Å²) in [4.78, 5) is 23.4. The van der Waals surface area contributed by atoms with E-state index < -0.39 is 17.4 Å². The zero-order chi connectivity index (χ0) is 13.8. The SMILES string of the molecule is CC1CCCCC1NC(=O)C(=O)NC(C)(C)CO. The predicted molar refractivity (Wildman–Crippen MR) is 68.9 cm³/mol. The third-order valence-corrected chi connectivity index (χ3v) is 3.48. The molecule has 0 bridgehead atoms. The lowest BCUT2D eigenvalue weighted by Gasteiger charge is -2.30. The number of rotatable bonds is 3. The molecule has 2 atom stereocenters. The standard InChI is InChI=1S/C13H24N2O3/c1-9-6-4-5-7-10(9)14-11(17)12(18)15-13(2,3)8-16/h9-10,16H,4-8H2,1-3H3,(H,14,17)(H,15,18). The van der Waals surface area contributed by atoms with Gasteiger partial charge in [-0.2, -0.15) is 0 Å². The largest absolute Gasteiger partial charge is 0.394 e. The molecule has 0 radical (unpaired) electrons. The van der Waals surface area contributed by atoms with Crippen molar-refractivity contribution in [3.63, 3.8) is 0 Å². The van der Waals surface area contributed by atoms with Crippen LogP contribution in [0.1, 0.15) is 46.5 Å². The van der Waals surface area contributed by atoms with Crippen LogP contribution in [0.4, 0.5) is 0 Å². The summed E-state index contributed by atoms with van der Waals surface area (Å²) in [7, 11) is 0. The second-order valence-corrected chi connectivity index (χ2v) is 5.84. The highest BCUT2D eigenvalue weighted by Gasteiger charge is 2.28. The molecule has 0 aromatic rings. The fourth-order valence-corrected chi connectivity index (χ4v) is 2.17. The lowest BCUT2D eigenvalue weighted by atomic mass is 9.86. The summed E-state index contributed by atoms with van der Waals surface area (Å²) >= 11 is 0. The zero-order valence-electron chi connectivity index (χ0n) is 11.5. The van der Waals surface area contributed by atoms with Gasteiger partial charge in [-0.25, -0.2) is 0 Å². The second-order valence-electron chi connectivity index (χ2n) is 5.84. The van der Waals surface area contributed by atoms with Crippen LogP contribution in [0.5, 0.6) is 0 Å². The molecule has 2 unspecified atom stereocenters. The number of carbonyl (C=O) groups is 2. The van der Waals surface area contributed by atoms with Gasteiger partial charge >= 0.3 is 11.8 Å². The first-order valence-corrected chi connectivity index (χ1v) is 6.59. The summed E-state index contributed by atoms with van der Waals surface area (Å²) in [6.45, 7) is 5.23. The van der Waals surface area contributed by atoms with Crippen molar-refractivity contribution in [1.29, 1.82) is 0 Å². The van der Waals surface area contributed by atoms with Crippen LogP contribution in [0.25, 0.3) is 0 Å². The van der Waals surface area contributed by atoms with Crippen LogP contribution in [0.15, 0.2) is 0 Å². The van der Waals surface area contributed by atoms with Gasteiger partial charge < -0.3 is 15.7 Å². The molecule has 1 fully saturated rings. The summed E-state index contributed by atoms with van der Waals surface area (Å²) < 4.78 is 0. The molecule has 1 aliphatic rings. The van der Waals surface area contributed by atoms with E-state index in [1.165, 1.54) is 6.42 Å². The topological polar surface area (TPSA) is 78.4 Å². The molecule has 3 N–H and O–H groups in total. The molecule has 18 heavy (non-hydrogen) atoms. The Morgan fingerprint density at radius 3 is 2.39 bits per heavy atom. The highest BCUT2D eigenvalue weighted by Crippen LogP contribution is 2.23. The van der Waals surface area contributed by atoms with Gasteiger partial charge in [-0.05, 0) is 32.6 Å². The Bertz CT molecular complexity index is 315. The third kappa shape index (κ3) is 4.29. The Balaban J connectivity index is 2.47. The van der Waals surface area contributed by atoms with E-state index in [0.717, 1.165) is 19.3 Å². The molecule has 1 rings (SSSR count). The minimum atomic E-state index is -0.771. The average molecular weight is 256 g/mol. The molecule has 0 aliphatic heterocycles. The molecule has 1 aliphatic carbocycles. The quantitative estimate of drug-likeness (QED) is 0.646. The molecule has 1 saturated carbocycles. The number of carbonyl (C=O) groups excluding carboxylic acids is 2. The summed E-state index contributed by atoms with van der Waals surface area (Å²) in [5.74, 6) is -0.858. The van der Waals surface area contributed by atoms with Crippen molar-refractivity contribution in [3.8, 4) is 0 Å². The van der Waals surface area contributed by atoms with Gasteiger partial charge in [0.05, 0.1) is 12.1 Å². The Morgan fingerprint density at radius 2 is 1.83 bits per heavy atom. The molecular weight excluding hydrogens is 232 g/mol. The van der Waals surface area contributed by atoms with E-state index in [0.29, 0.717) is 5.92 Å². The van der Waals surface area contributed by atoms with Crippen LogP contribution in [0.2, 0.25) is 0 Å². The van der Waals surface area contributed by atoms with Crippen LogP contribution in [-0.2, 0) is 9.59 Å². The van der Waals surface area contributed by atoms with Crippen molar-refractivity contribution in [2.24, 2.45) is 5.92 Å². The lowest BCUT2D eigenvalue weighted by Crippen LogP contribution is -2.54. The monoisotopic (exact) mass is 256 g/mol. The summed E-state index contributed by atoms with van der Waals surface area (Å²) in [5, 5.41) is 14.3. The molecule has 104 valence electrons. The van der Waals surface area contributed by atoms with Gasteiger partial charge in [-0.1, -0.05) is 19.8 Å². The lowest BCUT2D eigenvalue weighted by molar-refractivity contribution is -0.141. The van der Waals surface area contributed by atoms with Crippen molar-refractivity contribution in [2.75, 3.05) is 6.61 Å². The van der Waals surface area contributed by atoms with Crippen molar-refractivity contribution in [2.45, 2.75) is 58.0 Å². The Morgan fingerprint density at radius 1 is 1.22 bits per heavy atom. The summed E-state index contributed by atoms with van der Waals surface area (Å²) in [6, 6.07) is 0.0919. The molecule has 0 aromatic heterocycles. The van der Waals surface area contributed by atoms with E-state index in [2.05, 4.69) is 17.6 Å². The maximum absolute atomic E-state index is 11.7. The van der Waals surface area contributed by atoms with Crippen LogP contribution in [-0.4, -0.2) is 35.1 Å². The summed E-state index contributed by atoms with van der Waals surface area (Å²) in [6.07, 6.45) is 4.31. The van der Waals surface area contributed by atoms with Gasteiger partial charge in [-0.15, -0.1) is 0 Å². The Hall–Kier alpha value is -1.10. The highest BCUT2D eigenvalue weighted by atomic mass is 16.3. The second kappa shape index (κ2) is 6.18. The molecule has 5 heteroatoms. The fourth-order valence-electron chi connectivity index (χ4n) is 2.17. The van der Waals surface area contributed by atoms with Crippen LogP contribution < -0.4 is 10.6 Å². The maximum Gasteiger partial charge on any atom is 0.309 e. The van der Waals surface area contributed by atoms with Gasteiger partial charge in [-0.3, -0.25) is 9.59 Å². The smallest absolute Gasteiger partial charge is 0.309 e. The number of aliphatic hydroxyl groups excluding tert-OH is 1. The van der Waals surface area contributed by atoms with Crippen molar-refractivity contribution < 1.29 is 14.7 Å². The highest BCUT2D eigenvalue weighted by molar-refractivity contribution is 6.35. The van der Waals surface area contributed by atoms with Crippen LogP contribution in [0.3, 0.4) is 0 Å². The Labute approximate surface area is 108 Å². The van der Waals surface area contributed by atoms with Crippen molar-refractivity contribution in [1.82, 2.24) is 10.6 Å². The minimum absolute atomic E-state index is 0.0919. The molecule has 0 saturated heterocycles. The van der Waals surface area contributed by atoms with E-state index in [1.807, 2.05) is 0 Å². The first kappa shape index (κ1) is 15.0. The first-order valence-electron chi connectivity index (χ1n) is 6.59. The van der Waals surface area contributed by atoms with E-state index in [4.69, 9.17) is 5.11 Å². The molecule has 0 spiro atoms. The maximum atomic E-state index is 11.7. The van der Waals surface area contributed by atoms with E-state index in [9.17, 15) is 9.59 Å². The molecule has 0 aromatic carbocycles. The predicted octanol–water partition coefficient (Wildman–Crippen LogP) is 0.568. The van der Waals surface area contributed by atoms with Gasteiger partial charge in [0.15, 0.2) is 0 Å². The minimum Gasteiger partial charge on any atom is -0.394 e.